The van der Waals surface area contributed by atoms with Crippen molar-refractivity contribution in [3.05, 3.63) is 0 Å². The second-order valence-electron chi connectivity index (χ2n) is 3.08. The molecule has 4 heteroatoms. The van der Waals surface area contributed by atoms with Gasteiger partial charge in [-0.3, -0.25) is 4.79 Å². The molecule has 12 heavy (non-hydrogen) atoms. The van der Waals surface area contributed by atoms with Crippen LogP contribution in [-0.4, -0.2) is 21.9 Å². The molecule has 3 nitrogen and oxygen atoms in total. The molecule has 0 aromatic rings. The molecule has 0 radical (unpaired) electrons. The molecular weight excluding hydrogens is 174 g/mol. The van der Waals surface area contributed by atoms with Crippen LogP contribution in [0.25, 0.3) is 0 Å². The van der Waals surface area contributed by atoms with Crippen LogP contribution < -0.4 is 5.73 Å². The Morgan fingerprint density at radius 3 is 2.25 bits per heavy atom. The second-order valence-corrected chi connectivity index (χ2v) is 4.03. The molecule has 0 aromatic heterocycles. The molecule has 1 atom stereocenters. The molecule has 72 valence electrons. The SMILES string of the molecule is CCC(S)(CC)CC(N)C(=O)O. The third-order valence-electron chi connectivity index (χ3n) is 2.23. The summed E-state index contributed by atoms with van der Waals surface area (Å²) >= 11 is 4.41. The van der Waals surface area contributed by atoms with Crippen molar-refractivity contribution in [1.29, 1.82) is 0 Å². The Morgan fingerprint density at radius 2 is 2.00 bits per heavy atom. The van der Waals surface area contributed by atoms with Crippen LogP contribution in [0.15, 0.2) is 0 Å². The number of carboxylic acid groups (broad SMARTS) is 1. The normalized spacial score (nSPS) is 14.3. The highest BCUT2D eigenvalue weighted by Gasteiger charge is 2.27. The largest absolute Gasteiger partial charge is 0.480 e. The van der Waals surface area contributed by atoms with Crippen molar-refractivity contribution in [1.82, 2.24) is 0 Å². The van der Waals surface area contributed by atoms with Crippen molar-refractivity contribution in [2.45, 2.75) is 43.9 Å². The van der Waals surface area contributed by atoms with Gasteiger partial charge >= 0.3 is 5.97 Å². The monoisotopic (exact) mass is 191 g/mol. The smallest absolute Gasteiger partial charge is 0.320 e. The zero-order valence-electron chi connectivity index (χ0n) is 7.58. The number of rotatable bonds is 5. The molecule has 0 aliphatic heterocycles. The van der Waals surface area contributed by atoms with Gasteiger partial charge < -0.3 is 10.8 Å². The third kappa shape index (κ3) is 3.45. The highest BCUT2D eigenvalue weighted by molar-refractivity contribution is 7.81. The average Bonchev–Trinajstić information content (AvgIpc) is 2.04. The Kier molecular flexibility index (Phi) is 4.63. The minimum Gasteiger partial charge on any atom is -0.480 e. The number of carboxylic acids is 1. The molecule has 0 saturated heterocycles. The molecule has 0 saturated carbocycles. The molecule has 0 amide bonds. The van der Waals surface area contributed by atoms with Gasteiger partial charge in [-0.25, -0.2) is 0 Å². The minimum atomic E-state index is -0.949. The maximum atomic E-state index is 10.4. The third-order valence-corrected chi connectivity index (χ3v) is 3.05. The quantitative estimate of drug-likeness (QED) is 0.574. The first-order valence-corrected chi connectivity index (χ1v) is 4.60. The maximum absolute atomic E-state index is 10.4. The fraction of sp³-hybridized carbons (Fsp3) is 0.875. The Labute approximate surface area is 78.7 Å². The van der Waals surface area contributed by atoms with Gasteiger partial charge in [-0.2, -0.15) is 12.6 Å². The van der Waals surface area contributed by atoms with Crippen molar-refractivity contribution in [2.24, 2.45) is 5.73 Å². The molecule has 0 bridgehead atoms. The summed E-state index contributed by atoms with van der Waals surface area (Å²) in [5, 5.41) is 8.58. The number of aliphatic carboxylic acids is 1. The molecular formula is C8H17NO2S. The van der Waals surface area contributed by atoms with Gasteiger partial charge in [0.2, 0.25) is 0 Å². The standard InChI is InChI=1S/C8H17NO2S/c1-3-8(12,4-2)5-6(9)7(10)11/h6,12H,3-5,9H2,1-2H3,(H,10,11). The Balaban J connectivity index is 4.11. The lowest BCUT2D eigenvalue weighted by Crippen LogP contribution is -2.37. The Morgan fingerprint density at radius 1 is 1.58 bits per heavy atom. The van der Waals surface area contributed by atoms with Gasteiger partial charge in [0.05, 0.1) is 0 Å². The van der Waals surface area contributed by atoms with Crippen LogP contribution in [0.5, 0.6) is 0 Å². The van der Waals surface area contributed by atoms with Gasteiger partial charge in [-0.1, -0.05) is 13.8 Å². The average molecular weight is 191 g/mol. The number of hydrogen-bond acceptors (Lipinski definition) is 3. The Hall–Kier alpha value is -0.220. The van der Waals surface area contributed by atoms with E-state index in [1.54, 1.807) is 0 Å². The lowest BCUT2D eigenvalue weighted by atomic mass is 9.94. The van der Waals surface area contributed by atoms with E-state index in [0.29, 0.717) is 6.42 Å². The lowest BCUT2D eigenvalue weighted by molar-refractivity contribution is -0.138. The first-order valence-electron chi connectivity index (χ1n) is 4.16. The van der Waals surface area contributed by atoms with Crippen LogP contribution >= 0.6 is 12.6 Å². The van der Waals surface area contributed by atoms with Crippen LogP contribution in [-0.2, 0) is 4.79 Å². The van der Waals surface area contributed by atoms with Crippen molar-refractivity contribution >= 4 is 18.6 Å². The van der Waals surface area contributed by atoms with Crippen LogP contribution in [0, 0.1) is 0 Å². The number of nitrogens with two attached hydrogens (primary N) is 1. The van der Waals surface area contributed by atoms with Crippen molar-refractivity contribution in [3.63, 3.8) is 0 Å². The zero-order valence-corrected chi connectivity index (χ0v) is 8.47. The van der Waals surface area contributed by atoms with E-state index in [9.17, 15) is 4.79 Å². The predicted octanol–water partition coefficient (Wildman–Crippen LogP) is 1.28. The van der Waals surface area contributed by atoms with Crippen LogP contribution in [0.4, 0.5) is 0 Å². The van der Waals surface area contributed by atoms with E-state index >= 15 is 0 Å². The number of carbonyl (C=O) groups is 1. The summed E-state index contributed by atoms with van der Waals surface area (Å²) in [5.41, 5.74) is 5.41. The van der Waals surface area contributed by atoms with Crippen molar-refractivity contribution in [3.8, 4) is 0 Å². The highest BCUT2D eigenvalue weighted by Crippen LogP contribution is 2.28. The maximum Gasteiger partial charge on any atom is 0.320 e. The highest BCUT2D eigenvalue weighted by atomic mass is 32.1. The fourth-order valence-corrected chi connectivity index (χ4v) is 1.23. The summed E-state index contributed by atoms with van der Waals surface area (Å²) in [5.74, 6) is -0.949. The van der Waals surface area contributed by atoms with E-state index in [-0.39, 0.29) is 4.75 Å². The molecule has 0 heterocycles. The van der Waals surface area contributed by atoms with Crippen molar-refractivity contribution in [2.75, 3.05) is 0 Å². The molecule has 0 fully saturated rings. The van der Waals surface area contributed by atoms with Gasteiger partial charge in [0, 0.05) is 4.75 Å². The fourth-order valence-electron chi connectivity index (χ4n) is 1.04. The van der Waals surface area contributed by atoms with Crippen LogP contribution in [0.2, 0.25) is 0 Å². The minimum absolute atomic E-state index is 0.224. The summed E-state index contributed by atoms with van der Waals surface area (Å²) in [6.07, 6.45) is 2.11. The summed E-state index contributed by atoms with van der Waals surface area (Å²) in [4.78, 5) is 10.4. The Bertz CT molecular complexity index is 157. The van der Waals surface area contributed by atoms with Gasteiger partial charge in [0.25, 0.3) is 0 Å². The molecule has 0 aliphatic carbocycles. The second kappa shape index (κ2) is 4.72. The summed E-state index contributed by atoms with van der Waals surface area (Å²) in [7, 11) is 0. The molecule has 0 aromatic carbocycles. The lowest BCUT2D eigenvalue weighted by Gasteiger charge is -2.27. The van der Waals surface area contributed by atoms with E-state index in [4.69, 9.17) is 10.8 Å². The van der Waals surface area contributed by atoms with Gasteiger partial charge in [-0.05, 0) is 19.3 Å². The first kappa shape index (κ1) is 11.8. The summed E-state index contributed by atoms with van der Waals surface area (Å²) in [6.45, 7) is 3.98. The van der Waals surface area contributed by atoms with E-state index in [2.05, 4.69) is 12.6 Å². The summed E-state index contributed by atoms with van der Waals surface area (Å²) < 4.78 is -0.224. The molecule has 1 unspecified atom stereocenters. The van der Waals surface area contributed by atoms with Crippen LogP contribution in [0.3, 0.4) is 0 Å². The molecule has 0 aliphatic rings. The molecule has 0 spiro atoms. The van der Waals surface area contributed by atoms with E-state index in [1.807, 2.05) is 13.8 Å². The van der Waals surface area contributed by atoms with Gasteiger partial charge in [-0.15, -0.1) is 0 Å². The van der Waals surface area contributed by atoms with E-state index < -0.39 is 12.0 Å². The van der Waals surface area contributed by atoms with Crippen molar-refractivity contribution < 1.29 is 9.90 Å². The number of hydrogen-bond donors (Lipinski definition) is 3. The van der Waals surface area contributed by atoms with Gasteiger partial charge in [0.1, 0.15) is 6.04 Å². The van der Waals surface area contributed by atoms with Crippen LogP contribution in [0.1, 0.15) is 33.1 Å². The summed E-state index contributed by atoms with van der Waals surface area (Å²) in [6, 6.07) is -0.789. The van der Waals surface area contributed by atoms with E-state index in [1.165, 1.54) is 0 Å². The van der Waals surface area contributed by atoms with Gasteiger partial charge in [0.15, 0.2) is 0 Å². The molecule has 3 N–H and O–H groups in total. The first-order chi connectivity index (χ1) is 5.45. The zero-order chi connectivity index (χ0) is 9.78. The predicted molar refractivity (Wildman–Crippen MR) is 52.5 cm³/mol. The number of thiol groups is 1. The molecule has 0 rings (SSSR count). The topological polar surface area (TPSA) is 63.3 Å². The van der Waals surface area contributed by atoms with E-state index in [0.717, 1.165) is 12.8 Å².